The zero-order chi connectivity index (χ0) is 38.5. The molecule has 12 heteroatoms. The molecule has 0 radical (unpaired) electrons. The third-order valence-corrected chi connectivity index (χ3v) is 11.5. The standard InChI is InChI=1S/C45H39N9O3/c55-43-31(22-49-40-34(43)10-7-28-4-1-13-46-37(28)40)25-52-16-18-53(26-32-23-50-41-35(44(32)56)11-8-29-5-2-14-47-38(29)41)20-21-54(19-17-52)27-33-24-51-42-36(45(33)57)12-9-30-6-3-15-48-39(30)42/h1-15,22-24H,16-21,25-27H2,(H,49,55)(H,50,56)(H,51,57). The van der Waals surface area contributed by atoms with Crippen molar-refractivity contribution in [1.82, 2.24) is 44.6 Å². The topological polar surface area (TPSA) is 147 Å². The van der Waals surface area contributed by atoms with E-state index in [1.165, 1.54) is 0 Å². The van der Waals surface area contributed by atoms with E-state index in [1.54, 1.807) is 18.6 Å². The number of pyridine rings is 6. The van der Waals surface area contributed by atoms with Gasteiger partial charge >= 0.3 is 0 Å². The van der Waals surface area contributed by atoms with Crippen molar-refractivity contribution in [2.24, 2.45) is 0 Å². The van der Waals surface area contributed by atoms with Gasteiger partial charge in [-0.05, 0) is 36.4 Å². The highest BCUT2D eigenvalue weighted by Crippen LogP contribution is 2.23. The Balaban J connectivity index is 0.964. The lowest BCUT2D eigenvalue weighted by molar-refractivity contribution is 0.209. The number of aromatic amines is 3. The Morgan fingerprint density at radius 3 is 1.02 bits per heavy atom. The van der Waals surface area contributed by atoms with Crippen LogP contribution in [0, 0.1) is 0 Å². The summed E-state index contributed by atoms with van der Waals surface area (Å²) in [6, 6.07) is 23.1. The molecule has 3 aromatic carbocycles. The highest BCUT2D eigenvalue weighted by atomic mass is 16.1. The summed E-state index contributed by atoms with van der Waals surface area (Å²) in [6.07, 6.45) is 10.7. The van der Waals surface area contributed by atoms with Crippen LogP contribution in [-0.4, -0.2) is 83.9 Å². The molecule has 0 unspecified atom stereocenters. The van der Waals surface area contributed by atoms with Crippen LogP contribution in [-0.2, 0) is 19.6 Å². The van der Waals surface area contributed by atoms with Crippen LogP contribution >= 0.6 is 0 Å². The number of nitrogens with zero attached hydrogens (tertiary/aromatic N) is 6. The van der Waals surface area contributed by atoms with Gasteiger partial charge in [0, 0.05) is 145 Å². The summed E-state index contributed by atoms with van der Waals surface area (Å²) in [5.74, 6) is 0. The average Bonchev–Trinajstić information content (AvgIpc) is 3.34. The second-order valence-corrected chi connectivity index (χ2v) is 14.9. The van der Waals surface area contributed by atoms with E-state index in [2.05, 4.69) is 44.6 Å². The molecule has 9 aromatic rings. The van der Waals surface area contributed by atoms with Gasteiger partial charge in [0.05, 0.1) is 33.1 Å². The third-order valence-electron chi connectivity index (χ3n) is 11.5. The van der Waals surface area contributed by atoms with Gasteiger partial charge in [-0.1, -0.05) is 36.4 Å². The SMILES string of the molecule is O=c1c(CN2CCN(Cc3c[nH]c4c(ccc5cccnc54)c3=O)CCN(Cc3c[nH]c4c(ccc5cccnc54)c3=O)CC2)c[nH]c2c1ccc1cccnc12. The number of aromatic nitrogens is 6. The first kappa shape index (κ1) is 34.9. The Bertz CT molecular complexity index is 2840. The van der Waals surface area contributed by atoms with Gasteiger partial charge in [0.15, 0.2) is 16.3 Å². The van der Waals surface area contributed by atoms with Gasteiger partial charge in [-0.15, -0.1) is 0 Å². The van der Waals surface area contributed by atoms with E-state index < -0.39 is 0 Å². The second kappa shape index (κ2) is 14.5. The van der Waals surface area contributed by atoms with Gasteiger partial charge in [0.25, 0.3) is 0 Å². The molecular formula is C45H39N9O3. The number of fused-ring (bicyclic) bond motifs is 9. The minimum Gasteiger partial charge on any atom is -0.359 e. The molecule has 0 spiro atoms. The minimum atomic E-state index is -0.0145. The van der Waals surface area contributed by atoms with Crippen LogP contribution in [0.1, 0.15) is 16.7 Å². The molecular weight excluding hydrogens is 715 g/mol. The number of nitrogens with one attached hydrogen (secondary N) is 3. The van der Waals surface area contributed by atoms with E-state index in [0.717, 1.165) is 49.3 Å². The maximum absolute atomic E-state index is 14.0. The van der Waals surface area contributed by atoms with E-state index in [4.69, 9.17) is 0 Å². The molecule has 0 saturated carbocycles. The van der Waals surface area contributed by atoms with Crippen molar-refractivity contribution in [3.8, 4) is 0 Å². The highest BCUT2D eigenvalue weighted by Gasteiger charge is 2.21. The molecule has 282 valence electrons. The smallest absolute Gasteiger partial charge is 0.193 e. The number of hydrogen-bond acceptors (Lipinski definition) is 9. The Morgan fingerprint density at radius 2 is 0.719 bits per heavy atom. The lowest BCUT2D eigenvalue weighted by Crippen LogP contribution is -2.37. The highest BCUT2D eigenvalue weighted by molar-refractivity contribution is 6.04. The van der Waals surface area contributed by atoms with Crippen LogP contribution in [0.5, 0.6) is 0 Å². The van der Waals surface area contributed by atoms with Gasteiger partial charge in [-0.2, -0.15) is 0 Å². The summed E-state index contributed by atoms with van der Waals surface area (Å²) in [6.45, 7) is 5.43. The van der Waals surface area contributed by atoms with E-state index in [1.807, 2.05) is 91.4 Å². The number of H-pyrrole nitrogens is 3. The molecule has 0 amide bonds. The summed E-state index contributed by atoms with van der Waals surface area (Å²) in [5, 5.41) is 4.76. The zero-order valence-corrected chi connectivity index (χ0v) is 31.2. The first-order valence-corrected chi connectivity index (χ1v) is 19.3. The molecule has 1 aliphatic heterocycles. The third kappa shape index (κ3) is 6.43. The van der Waals surface area contributed by atoms with E-state index in [0.29, 0.717) is 91.8 Å². The number of hydrogen-bond donors (Lipinski definition) is 3. The molecule has 1 fully saturated rings. The fraction of sp³-hybridized carbons (Fsp3) is 0.200. The van der Waals surface area contributed by atoms with Crippen molar-refractivity contribution in [2.75, 3.05) is 39.3 Å². The predicted molar refractivity (Wildman–Crippen MR) is 225 cm³/mol. The molecule has 0 bridgehead atoms. The molecule has 1 saturated heterocycles. The monoisotopic (exact) mass is 753 g/mol. The Labute approximate surface area is 325 Å². The fourth-order valence-electron chi connectivity index (χ4n) is 8.37. The predicted octanol–water partition coefficient (Wildman–Crippen LogP) is 5.68. The maximum Gasteiger partial charge on any atom is 0.193 e. The normalized spacial score (nSPS) is 15.2. The molecule has 57 heavy (non-hydrogen) atoms. The summed E-state index contributed by atoms with van der Waals surface area (Å²) in [7, 11) is 0. The molecule has 12 nitrogen and oxygen atoms in total. The van der Waals surface area contributed by atoms with E-state index in [9.17, 15) is 14.4 Å². The van der Waals surface area contributed by atoms with Gasteiger partial charge in [0.2, 0.25) is 0 Å². The van der Waals surface area contributed by atoms with Crippen molar-refractivity contribution in [2.45, 2.75) is 19.6 Å². The summed E-state index contributed by atoms with van der Waals surface area (Å²) in [4.78, 5) is 72.5. The first-order chi connectivity index (χ1) is 28.0. The molecule has 7 heterocycles. The van der Waals surface area contributed by atoms with Gasteiger partial charge in [0.1, 0.15) is 0 Å². The first-order valence-electron chi connectivity index (χ1n) is 19.3. The molecule has 0 atom stereocenters. The molecule has 3 N–H and O–H groups in total. The Morgan fingerprint density at radius 1 is 0.421 bits per heavy atom. The van der Waals surface area contributed by atoms with E-state index >= 15 is 0 Å². The summed E-state index contributed by atoms with van der Waals surface area (Å²) >= 11 is 0. The van der Waals surface area contributed by atoms with Crippen molar-refractivity contribution < 1.29 is 0 Å². The largest absolute Gasteiger partial charge is 0.359 e. The van der Waals surface area contributed by atoms with Crippen LogP contribution in [0.15, 0.2) is 124 Å². The zero-order valence-electron chi connectivity index (χ0n) is 31.2. The van der Waals surface area contributed by atoms with Crippen molar-refractivity contribution in [3.05, 3.63) is 157 Å². The van der Waals surface area contributed by atoms with Crippen LogP contribution in [0.3, 0.4) is 0 Å². The van der Waals surface area contributed by atoms with Gasteiger partial charge in [-0.25, -0.2) is 0 Å². The van der Waals surface area contributed by atoms with Crippen LogP contribution in [0.25, 0.3) is 65.4 Å². The molecule has 1 aliphatic rings. The maximum atomic E-state index is 14.0. The number of benzene rings is 3. The second-order valence-electron chi connectivity index (χ2n) is 14.9. The quantitative estimate of drug-likeness (QED) is 0.183. The molecule has 0 aliphatic carbocycles. The van der Waals surface area contributed by atoms with Crippen molar-refractivity contribution >= 4 is 65.4 Å². The van der Waals surface area contributed by atoms with Crippen molar-refractivity contribution in [3.63, 3.8) is 0 Å². The summed E-state index contributed by atoms with van der Waals surface area (Å²) in [5.41, 5.74) is 6.50. The Kier molecular flexibility index (Phi) is 8.85. The lowest BCUT2D eigenvalue weighted by atomic mass is 10.1. The van der Waals surface area contributed by atoms with Crippen LogP contribution in [0.4, 0.5) is 0 Å². The molecule has 10 rings (SSSR count). The minimum absolute atomic E-state index is 0.0145. The Hall–Kier alpha value is -6.60. The lowest BCUT2D eigenvalue weighted by Gasteiger charge is -2.25. The molecule has 6 aromatic heterocycles. The summed E-state index contributed by atoms with van der Waals surface area (Å²) < 4.78 is 0. The van der Waals surface area contributed by atoms with Gasteiger partial charge < -0.3 is 15.0 Å². The fourth-order valence-corrected chi connectivity index (χ4v) is 8.37. The average molecular weight is 754 g/mol. The van der Waals surface area contributed by atoms with Crippen LogP contribution in [0.2, 0.25) is 0 Å². The van der Waals surface area contributed by atoms with Crippen LogP contribution < -0.4 is 16.3 Å². The van der Waals surface area contributed by atoms with Crippen molar-refractivity contribution in [1.29, 1.82) is 0 Å². The van der Waals surface area contributed by atoms with E-state index in [-0.39, 0.29) is 16.3 Å². The van der Waals surface area contributed by atoms with Gasteiger partial charge in [-0.3, -0.25) is 44.0 Å². The number of rotatable bonds is 6.